The van der Waals surface area contributed by atoms with Gasteiger partial charge in [0, 0.05) is 31.5 Å². The van der Waals surface area contributed by atoms with Crippen molar-refractivity contribution in [2.75, 3.05) is 31.2 Å². The van der Waals surface area contributed by atoms with E-state index in [0.29, 0.717) is 5.88 Å². The molecule has 0 amide bonds. The van der Waals surface area contributed by atoms with Crippen molar-refractivity contribution in [1.82, 2.24) is 4.98 Å². The van der Waals surface area contributed by atoms with Crippen LogP contribution in [0.4, 0.5) is 5.82 Å². The number of aromatic nitrogens is 1. The third-order valence-electron chi connectivity index (χ3n) is 2.40. The van der Waals surface area contributed by atoms with Gasteiger partial charge in [-0.05, 0) is 19.9 Å². The van der Waals surface area contributed by atoms with Crippen LogP contribution in [0.15, 0.2) is 18.3 Å². The van der Waals surface area contributed by atoms with Crippen LogP contribution in [0.5, 0.6) is 0 Å². The predicted molar refractivity (Wildman–Crippen MR) is 68.2 cm³/mol. The van der Waals surface area contributed by atoms with Gasteiger partial charge in [0.25, 0.3) is 0 Å². The predicted octanol–water partition coefficient (Wildman–Crippen LogP) is 2.68. The Bertz CT molecular complexity index is 307. The van der Waals surface area contributed by atoms with Gasteiger partial charge in [-0.2, -0.15) is 0 Å². The van der Waals surface area contributed by atoms with Crippen molar-refractivity contribution < 1.29 is 4.74 Å². The number of anilines is 1. The van der Waals surface area contributed by atoms with E-state index in [0.717, 1.165) is 37.7 Å². The van der Waals surface area contributed by atoms with Gasteiger partial charge in [-0.15, -0.1) is 11.6 Å². The van der Waals surface area contributed by atoms with Crippen LogP contribution in [-0.4, -0.2) is 31.3 Å². The molecule has 0 atom stereocenters. The first-order chi connectivity index (χ1) is 7.83. The molecule has 0 aromatic carbocycles. The number of hydrogen-bond acceptors (Lipinski definition) is 3. The Morgan fingerprint density at radius 2 is 2.25 bits per heavy atom. The molecule has 0 radical (unpaired) electrons. The minimum atomic E-state index is 0.494. The summed E-state index contributed by atoms with van der Waals surface area (Å²) in [6.45, 7) is 7.35. The second-order valence-electron chi connectivity index (χ2n) is 3.40. The highest BCUT2D eigenvalue weighted by Crippen LogP contribution is 2.18. The molecular weight excluding hydrogens is 224 g/mol. The first kappa shape index (κ1) is 13.3. The van der Waals surface area contributed by atoms with Crippen LogP contribution in [0, 0.1) is 0 Å². The molecule has 1 aromatic rings. The third kappa shape index (κ3) is 3.65. The molecule has 3 nitrogen and oxygen atoms in total. The van der Waals surface area contributed by atoms with Crippen LogP contribution in [0.2, 0.25) is 0 Å². The van der Waals surface area contributed by atoms with Gasteiger partial charge < -0.3 is 9.64 Å². The van der Waals surface area contributed by atoms with E-state index >= 15 is 0 Å². The molecule has 1 rings (SSSR count). The minimum Gasteiger partial charge on any atom is -0.380 e. The first-order valence-corrected chi connectivity index (χ1v) is 6.19. The topological polar surface area (TPSA) is 25.4 Å². The summed E-state index contributed by atoms with van der Waals surface area (Å²) in [5.74, 6) is 1.47. The normalized spacial score (nSPS) is 10.4. The van der Waals surface area contributed by atoms with E-state index in [2.05, 4.69) is 16.8 Å². The van der Waals surface area contributed by atoms with Crippen molar-refractivity contribution in [3.05, 3.63) is 23.9 Å². The summed E-state index contributed by atoms with van der Waals surface area (Å²) in [7, 11) is 0. The summed E-state index contributed by atoms with van der Waals surface area (Å²) >= 11 is 5.90. The molecule has 0 fully saturated rings. The number of pyridine rings is 1. The minimum absolute atomic E-state index is 0.494. The molecule has 0 bridgehead atoms. The largest absolute Gasteiger partial charge is 0.380 e. The fourth-order valence-corrected chi connectivity index (χ4v) is 1.76. The van der Waals surface area contributed by atoms with Gasteiger partial charge in [0.15, 0.2) is 0 Å². The van der Waals surface area contributed by atoms with E-state index in [4.69, 9.17) is 16.3 Å². The Hall–Kier alpha value is -0.800. The molecule has 1 heterocycles. The standard InChI is InChI=1S/C12H19ClN2O/c1-3-15(8-9-16-4-2)12-11(10-13)6-5-7-14-12/h5-7H,3-4,8-10H2,1-2H3. The lowest BCUT2D eigenvalue weighted by Gasteiger charge is -2.23. The van der Waals surface area contributed by atoms with Crippen LogP contribution in [0.3, 0.4) is 0 Å². The first-order valence-electron chi connectivity index (χ1n) is 5.66. The average Bonchev–Trinajstić information content (AvgIpc) is 2.35. The molecule has 0 aliphatic heterocycles. The van der Waals surface area contributed by atoms with Crippen LogP contribution in [0.1, 0.15) is 19.4 Å². The molecule has 0 saturated heterocycles. The lowest BCUT2D eigenvalue weighted by Crippen LogP contribution is -2.28. The Labute approximate surface area is 102 Å². The summed E-state index contributed by atoms with van der Waals surface area (Å²) < 4.78 is 5.36. The molecular formula is C12H19ClN2O. The summed E-state index contributed by atoms with van der Waals surface area (Å²) in [6, 6.07) is 3.93. The van der Waals surface area contributed by atoms with Crippen molar-refractivity contribution in [2.45, 2.75) is 19.7 Å². The Morgan fingerprint density at radius 3 is 2.88 bits per heavy atom. The number of rotatable bonds is 7. The molecule has 16 heavy (non-hydrogen) atoms. The maximum absolute atomic E-state index is 5.90. The zero-order valence-electron chi connectivity index (χ0n) is 9.95. The lowest BCUT2D eigenvalue weighted by molar-refractivity contribution is 0.154. The van der Waals surface area contributed by atoms with E-state index in [-0.39, 0.29) is 0 Å². The van der Waals surface area contributed by atoms with Crippen molar-refractivity contribution >= 4 is 17.4 Å². The van der Waals surface area contributed by atoms with Crippen molar-refractivity contribution in [1.29, 1.82) is 0 Å². The Kier molecular flexibility index (Phi) is 6.19. The second-order valence-corrected chi connectivity index (χ2v) is 3.66. The number of halogens is 1. The summed E-state index contributed by atoms with van der Waals surface area (Å²) in [6.07, 6.45) is 1.80. The zero-order chi connectivity index (χ0) is 11.8. The highest BCUT2D eigenvalue weighted by Gasteiger charge is 2.09. The van der Waals surface area contributed by atoms with Gasteiger partial charge in [0.2, 0.25) is 0 Å². The van der Waals surface area contributed by atoms with E-state index in [1.54, 1.807) is 6.20 Å². The fourth-order valence-electron chi connectivity index (χ4n) is 1.55. The Balaban J connectivity index is 2.69. The monoisotopic (exact) mass is 242 g/mol. The van der Waals surface area contributed by atoms with Crippen molar-refractivity contribution in [3.8, 4) is 0 Å². The maximum Gasteiger partial charge on any atom is 0.132 e. The van der Waals surface area contributed by atoms with Gasteiger partial charge in [-0.1, -0.05) is 6.07 Å². The van der Waals surface area contributed by atoms with Gasteiger partial charge in [-0.25, -0.2) is 4.98 Å². The van der Waals surface area contributed by atoms with Crippen LogP contribution in [-0.2, 0) is 10.6 Å². The third-order valence-corrected chi connectivity index (χ3v) is 2.69. The van der Waals surface area contributed by atoms with Crippen LogP contribution in [0.25, 0.3) is 0 Å². The molecule has 0 spiro atoms. The number of likely N-dealkylation sites (N-methyl/N-ethyl adjacent to an activating group) is 1. The van der Waals surface area contributed by atoms with Crippen molar-refractivity contribution in [2.24, 2.45) is 0 Å². The lowest BCUT2D eigenvalue weighted by atomic mass is 10.2. The Morgan fingerprint density at radius 1 is 1.44 bits per heavy atom. The molecule has 1 aromatic heterocycles. The quantitative estimate of drug-likeness (QED) is 0.543. The van der Waals surface area contributed by atoms with E-state index in [1.165, 1.54) is 0 Å². The smallest absolute Gasteiger partial charge is 0.132 e. The second kappa shape index (κ2) is 7.47. The summed E-state index contributed by atoms with van der Waals surface area (Å²) in [4.78, 5) is 6.57. The fraction of sp³-hybridized carbons (Fsp3) is 0.583. The van der Waals surface area contributed by atoms with E-state index < -0.39 is 0 Å². The molecule has 0 unspecified atom stereocenters. The number of nitrogens with zero attached hydrogens (tertiary/aromatic N) is 2. The van der Waals surface area contributed by atoms with Crippen LogP contribution >= 0.6 is 11.6 Å². The molecule has 0 N–H and O–H groups in total. The number of hydrogen-bond donors (Lipinski definition) is 0. The van der Waals surface area contributed by atoms with Gasteiger partial charge in [0.05, 0.1) is 12.5 Å². The highest BCUT2D eigenvalue weighted by molar-refractivity contribution is 6.17. The molecule has 4 heteroatoms. The van der Waals surface area contributed by atoms with Gasteiger partial charge in [0.1, 0.15) is 5.82 Å². The molecule has 0 saturated carbocycles. The summed E-state index contributed by atoms with van der Waals surface area (Å²) in [5.41, 5.74) is 1.07. The van der Waals surface area contributed by atoms with Gasteiger partial charge >= 0.3 is 0 Å². The molecule has 0 aliphatic carbocycles. The SMILES string of the molecule is CCOCCN(CC)c1ncccc1CCl. The number of ether oxygens (including phenoxy) is 1. The highest BCUT2D eigenvalue weighted by atomic mass is 35.5. The zero-order valence-corrected chi connectivity index (χ0v) is 10.7. The van der Waals surface area contributed by atoms with E-state index in [1.807, 2.05) is 19.1 Å². The molecule has 0 aliphatic rings. The average molecular weight is 243 g/mol. The van der Waals surface area contributed by atoms with E-state index in [9.17, 15) is 0 Å². The van der Waals surface area contributed by atoms with Crippen LogP contribution < -0.4 is 4.90 Å². The maximum atomic E-state index is 5.90. The summed E-state index contributed by atoms with van der Waals surface area (Å²) in [5, 5.41) is 0. The molecule has 90 valence electrons. The van der Waals surface area contributed by atoms with Crippen molar-refractivity contribution in [3.63, 3.8) is 0 Å². The van der Waals surface area contributed by atoms with Gasteiger partial charge in [-0.3, -0.25) is 0 Å². The number of alkyl halides is 1.